The third-order valence-electron chi connectivity index (χ3n) is 4.95. The molecule has 25 heavy (non-hydrogen) atoms. The Balaban J connectivity index is 1.90. The molecule has 0 bridgehead atoms. The zero-order valence-electron chi connectivity index (χ0n) is 14.9. The van der Waals surface area contributed by atoms with Crippen LogP contribution in [0.15, 0.2) is 24.3 Å². The SMILES string of the molecule is CCC(C)c1ccccc1OCC(=O)NCC1(C(=O)O)CCOCC1. The van der Waals surface area contributed by atoms with Crippen molar-refractivity contribution in [3.05, 3.63) is 29.8 Å². The summed E-state index contributed by atoms with van der Waals surface area (Å²) in [5.41, 5.74) is 0.131. The maximum Gasteiger partial charge on any atom is 0.311 e. The van der Waals surface area contributed by atoms with Crippen LogP contribution in [0, 0.1) is 5.41 Å². The number of carbonyl (C=O) groups excluding carboxylic acids is 1. The van der Waals surface area contributed by atoms with Crippen LogP contribution in [0.4, 0.5) is 0 Å². The lowest BCUT2D eigenvalue weighted by molar-refractivity contribution is -0.154. The first-order chi connectivity index (χ1) is 12.0. The van der Waals surface area contributed by atoms with Gasteiger partial charge in [0.25, 0.3) is 5.91 Å². The highest BCUT2D eigenvalue weighted by molar-refractivity contribution is 5.80. The number of rotatable bonds is 8. The molecule has 0 aliphatic carbocycles. The fourth-order valence-electron chi connectivity index (χ4n) is 2.93. The normalized spacial score (nSPS) is 17.5. The minimum absolute atomic E-state index is 0.0981. The summed E-state index contributed by atoms with van der Waals surface area (Å²) < 4.78 is 10.9. The van der Waals surface area contributed by atoms with E-state index < -0.39 is 11.4 Å². The van der Waals surface area contributed by atoms with Crippen LogP contribution in [0.5, 0.6) is 5.75 Å². The molecule has 6 nitrogen and oxygen atoms in total. The molecule has 0 aromatic heterocycles. The van der Waals surface area contributed by atoms with Gasteiger partial charge in [0, 0.05) is 19.8 Å². The summed E-state index contributed by atoms with van der Waals surface area (Å²) in [5.74, 6) is -0.159. The maximum absolute atomic E-state index is 12.1. The minimum Gasteiger partial charge on any atom is -0.483 e. The second-order valence-corrected chi connectivity index (χ2v) is 6.61. The summed E-state index contributed by atoms with van der Waals surface area (Å²) in [6, 6.07) is 7.69. The van der Waals surface area contributed by atoms with Gasteiger partial charge in [0.05, 0.1) is 5.41 Å². The molecule has 0 spiro atoms. The summed E-state index contributed by atoms with van der Waals surface area (Å²) in [6.07, 6.45) is 1.79. The van der Waals surface area contributed by atoms with Crippen LogP contribution >= 0.6 is 0 Å². The highest BCUT2D eigenvalue weighted by Crippen LogP contribution is 2.30. The first-order valence-corrected chi connectivity index (χ1v) is 8.78. The van der Waals surface area contributed by atoms with Gasteiger partial charge in [0.15, 0.2) is 6.61 Å². The van der Waals surface area contributed by atoms with E-state index in [0.29, 0.717) is 37.7 Å². The van der Waals surface area contributed by atoms with Gasteiger partial charge in [-0.25, -0.2) is 0 Å². The van der Waals surface area contributed by atoms with Crippen LogP contribution in [0.2, 0.25) is 0 Å². The number of aliphatic carboxylic acids is 1. The van der Waals surface area contributed by atoms with Crippen LogP contribution in [-0.4, -0.2) is 43.3 Å². The van der Waals surface area contributed by atoms with E-state index in [1.165, 1.54) is 0 Å². The van der Waals surface area contributed by atoms with Crippen molar-refractivity contribution in [1.82, 2.24) is 5.32 Å². The van der Waals surface area contributed by atoms with E-state index in [1.807, 2.05) is 24.3 Å². The quantitative estimate of drug-likeness (QED) is 0.753. The lowest BCUT2D eigenvalue weighted by Crippen LogP contribution is -2.47. The fraction of sp³-hybridized carbons (Fsp3) is 0.579. The van der Waals surface area contributed by atoms with Gasteiger partial charge in [-0.1, -0.05) is 32.0 Å². The second-order valence-electron chi connectivity index (χ2n) is 6.61. The molecule has 2 rings (SSSR count). The van der Waals surface area contributed by atoms with Crippen LogP contribution in [0.1, 0.15) is 44.6 Å². The topological polar surface area (TPSA) is 84.9 Å². The van der Waals surface area contributed by atoms with Gasteiger partial charge in [0.1, 0.15) is 5.75 Å². The maximum atomic E-state index is 12.1. The Morgan fingerprint density at radius 3 is 2.64 bits per heavy atom. The van der Waals surface area contributed by atoms with E-state index in [9.17, 15) is 14.7 Å². The highest BCUT2D eigenvalue weighted by Gasteiger charge is 2.40. The Bertz CT molecular complexity index is 595. The average molecular weight is 349 g/mol. The summed E-state index contributed by atoms with van der Waals surface area (Å²) in [4.78, 5) is 23.7. The molecule has 138 valence electrons. The number of hydrogen-bond acceptors (Lipinski definition) is 4. The lowest BCUT2D eigenvalue weighted by atomic mass is 9.80. The number of nitrogens with one attached hydrogen (secondary N) is 1. The Morgan fingerprint density at radius 1 is 1.32 bits per heavy atom. The molecular weight excluding hydrogens is 322 g/mol. The average Bonchev–Trinajstić information content (AvgIpc) is 2.65. The van der Waals surface area contributed by atoms with Crippen LogP contribution in [0.25, 0.3) is 0 Å². The molecule has 6 heteroatoms. The van der Waals surface area contributed by atoms with E-state index in [2.05, 4.69) is 19.2 Å². The molecule has 1 fully saturated rings. The fourth-order valence-corrected chi connectivity index (χ4v) is 2.93. The number of carbonyl (C=O) groups is 2. The van der Waals surface area contributed by atoms with E-state index in [0.717, 1.165) is 12.0 Å². The smallest absolute Gasteiger partial charge is 0.311 e. The summed E-state index contributed by atoms with van der Waals surface area (Å²) in [5, 5.41) is 12.2. The van der Waals surface area contributed by atoms with Gasteiger partial charge >= 0.3 is 5.97 Å². The zero-order valence-corrected chi connectivity index (χ0v) is 14.9. The highest BCUT2D eigenvalue weighted by atomic mass is 16.5. The Labute approximate surface area is 148 Å². The Morgan fingerprint density at radius 2 is 2.00 bits per heavy atom. The largest absolute Gasteiger partial charge is 0.483 e. The number of hydrogen-bond donors (Lipinski definition) is 2. The van der Waals surface area contributed by atoms with Crippen molar-refractivity contribution in [3.8, 4) is 5.75 Å². The Hall–Kier alpha value is -2.08. The van der Waals surface area contributed by atoms with Crippen molar-refractivity contribution in [1.29, 1.82) is 0 Å². The number of para-hydroxylation sites is 1. The minimum atomic E-state index is -0.942. The van der Waals surface area contributed by atoms with Gasteiger partial charge in [0.2, 0.25) is 0 Å². The Kier molecular flexibility index (Phi) is 6.82. The third kappa shape index (κ3) is 4.95. The molecule has 1 saturated heterocycles. The van der Waals surface area contributed by atoms with Crippen molar-refractivity contribution < 1.29 is 24.2 Å². The summed E-state index contributed by atoms with van der Waals surface area (Å²) in [7, 11) is 0. The predicted octanol–water partition coefficient (Wildman–Crippen LogP) is 2.58. The van der Waals surface area contributed by atoms with E-state index in [1.54, 1.807) is 0 Å². The predicted molar refractivity (Wildman–Crippen MR) is 93.8 cm³/mol. The van der Waals surface area contributed by atoms with Gasteiger partial charge in [-0.2, -0.15) is 0 Å². The van der Waals surface area contributed by atoms with Gasteiger partial charge in [-0.05, 0) is 36.8 Å². The number of carboxylic acids is 1. The molecule has 0 radical (unpaired) electrons. The van der Waals surface area contributed by atoms with Crippen LogP contribution < -0.4 is 10.1 Å². The summed E-state index contributed by atoms with van der Waals surface area (Å²) >= 11 is 0. The molecule has 2 N–H and O–H groups in total. The molecule has 1 aliphatic rings. The number of ether oxygens (including phenoxy) is 2. The molecule has 1 unspecified atom stereocenters. The van der Waals surface area contributed by atoms with Crippen molar-refractivity contribution in [2.24, 2.45) is 5.41 Å². The van der Waals surface area contributed by atoms with Crippen LogP contribution in [0.3, 0.4) is 0 Å². The molecule has 0 saturated carbocycles. The molecule has 1 aromatic carbocycles. The zero-order chi connectivity index (χ0) is 18.3. The van der Waals surface area contributed by atoms with E-state index >= 15 is 0 Å². The van der Waals surface area contributed by atoms with Crippen molar-refractivity contribution in [2.45, 2.75) is 39.0 Å². The van der Waals surface area contributed by atoms with Gasteiger partial charge in [-0.15, -0.1) is 0 Å². The molecule has 1 atom stereocenters. The first kappa shape index (κ1) is 19.2. The van der Waals surface area contributed by atoms with E-state index in [-0.39, 0.29) is 19.1 Å². The standard InChI is InChI=1S/C19H27NO5/c1-3-14(2)15-6-4-5-7-16(15)25-12-17(21)20-13-19(18(22)23)8-10-24-11-9-19/h4-7,14H,3,8-13H2,1-2H3,(H,20,21)(H,22,23). The van der Waals surface area contributed by atoms with Crippen molar-refractivity contribution in [3.63, 3.8) is 0 Å². The molecule has 1 aromatic rings. The van der Waals surface area contributed by atoms with Crippen molar-refractivity contribution in [2.75, 3.05) is 26.4 Å². The summed E-state index contributed by atoms with van der Waals surface area (Å²) in [6.45, 7) is 5.00. The van der Waals surface area contributed by atoms with Gasteiger partial charge in [-0.3, -0.25) is 9.59 Å². The number of benzene rings is 1. The van der Waals surface area contributed by atoms with Crippen molar-refractivity contribution >= 4 is 11.9 Å². The first-order valence-electron chi connectivity index (χ1n) is 8.78. The molecular formula is C19H27NO5. The van der Waals surface area contributed by atoms with Crippen LogP contribution in [-0.2, 0) is 14.3 Å². The molecule has 1 heterocycles. The number of amides is 1. The van der Waals surface area contributed by atoms with Gasteiger partial charge < -0.3 is 19.9 Å². The third-order valence-corrected chi connectivity index (χ3v) is 4.95. The lowest BCUT2D eigenvalue weighted by Gasteiger charge is -2.33. The molecule has 1 aliphatic heterocycles. The second kappa shape index (κ2) is 8.85. The number of carboxylic acid groups (broad SMARTS) is 1. The van der Waals surface area contributed by atoms with E-state index in [4.69, 9.17) is 9.47 Å². The molecule has 1 amide bonds. The monoisotopic (exact) mass is 349 g/mol.